The monoisotopic (exact) mass is 409 g/mol. The van der Waals surface area contributed by atoms with Crippen LogP contribution in [-0.4, -0.2) is 4.92 Å². The minimum absolute atomic E-state index is 0.0954. The normalized spacial score (nSPS) is 10.3. The zero-order valence-corrected chi connectivity index (χ0v) is 12.9. The van der Waals surface area contributed by atoms with E-state index in [-0.39, 0.29) is 21.5 Å². The predicted octanol–water partition coefficient (Wildman–Crippen LogP) is 5.30. The summed E-state index contributed by atoms with van der Waals surface area (Å²) >= 11 is 14.0. The van der Waals surface area contributed by atoms with Gasteiger partial charge in [0, 0.05) is 15.7 Å². The second kappa shape index (κ2) is 5.94. The molecule has 2 aromatic carbocycles. The quantitative estimate of drug-likeness (QED) is 0.392. The first kappa shape index (κ1) is 14.4. The van der Waals surface area contributed by atoms with Crippen molar-refractivity contribution in [2.45, 2.75) is 0 Å². The van der Waals surface area contributed by atoms with Crippen molar-refractivity contribution >= 4 is 51.5 Å². The molecule has 0 aromatic heterocycles. The van der Waals surface area contributed by atoms with Crippen molar-refractivity contribution in [3.63, 3.8) is 0 Å². The van der Waals surface area contributed by atoms with E-state index in [1.165, 1.54) is 12.1 Å². The highest BCUT2D eigenvalue weighted by Crippen LogP contribution is 2.39. The predicted molar refractivity (Wildman–Crippen MR) is 82.3 cm³/mol. The van der Waals surface area contributed by atoms with Gasteiger partial charge in [0.2, 0.25) is 0 Å². The molecule has 0 unspecified atom stereocenters. The van der Waals surface area contributed by atoms with E-state index < -0.39 is 4.92 Å². The summed E-state index contributed by atoms with van der Waals surface area (Å²) in [7, 11) is 0. The Kier molecular flexibility index (Phi) is 4.49. The number of nitro groups is 1. The van der Waals surface area contributed by atoms with Crippen molar-refractivity contribution in [2.75, 3.05) is 0 Å². The van der Waals surface area contributed by atoms with E-state index in [9.17, 15) is 10.1 Å². The van der Waals surface area contributed by atoms with Crippen LogP contribution in [0.15, 0.2) is 36.4 Å². The van der Waals surface area contributed by atoms with E-state index in [0.717, 1.165) is 3.57 Å². The standard InChI is InChI=1S/C12H6Cl2INO3/c13-10-5-8(16(17)18)6-11(14)12(10)19-9-3-1-2-7(15)4-9/h1-6H. The molecular formula is C12H6Cl2INO3. The number of hydrogen-bond donors (Lipinski definition) is 0. The molecule has 0 aliphatic carbocycles. The highest BCUT2D eigenvalue weighted by atomic mass is 127. The lowest BCUT2D eigenvalue weighted by Gasteiger charge is -2.09. The molecule has 0 atom stereocenters. The number of hydrogen-bond acceptors (Lipinski definition) is 3. The van der Waals surface area contributed by atoms with Crippen molar-refractivity contribution in [3.05, 3.63) is 60.1 Å². The first-order valence-corrected chi connectivity index (χ1v) is 6.87. The fourth-order valence-electron chi connectivity index (χ4n) is 1.40. The number of benzene rings is 2. The number of nitro benzene ring substituents is 1. The van der Waals surface area contributed by atoms with Gasteiger partial charge in [0.25, 0.3) is 5.69 Å². The van der Waals surface area contributed by atoms with Gasteiger partial charge in [0.1, 0.15) is 5.75 Å². The summed E-state index contributed by atoms with van der Waals surface area (Å²) in [6.45, 7) is 0. The molecule has 0 heterocycles. The van der Waals surface area contributed by atoms with Gasteiger partial charge >= 0.3 is 0 Å². The van der Waals surface area contributed by atoms with Crippen LogP contribution in [0.25, 0.3) is 0 Å². The number of ether oxygens (including phenoxy) is 1. The topological polar surface area (TPSA) is 52.4 Å². The molecule has 2 rings (SSSR count). The summed E-state index contributed by atoms with van der Waals surface area (Å²) in [6, 6.07) is 9.69. The Bertz CT molecular complexity index is 626. The van der Waals surface area contributed by atoms with Crippen LogP contribution in [0.5, 0.6) is 11.5 Å². The molecule has 0 saturated heterocycles. The molecule has 0 aliphatic heterocycles. The van der Waals surface area contributed by atoms with Gasteiger partial charge in [0.15, 0.2) is 5.75 Å². The van der Waals surface area contributed by atoms with Crippen LogP contribution in [0.1, 0.15) is 0 Å². The molecule has 98 valence electrons. The third-order valence-electron chi connectivity index (χ3n) is 2.21. The van der Waals surface area contributed by atoms with Crippen LogP contribution in [0.4, 0.5) is 5.69 Å². The van der Waals surface area contributed by atoms with Crippen LogP contribution in [0.2, 0.25) is 10.0 Å². The van der Waals surface area contributed by atoms with Gasteiger partial charge in [-0.05, 0) is 40.8 Å². The zero-order valence-electron chi connectivity index (χ0n) is 9.27. The van der Waals surface area contributed by atoms with E-state index >= 15 is 0 Å². The number of halogens is 3. The Labute approximate surface area is 132 Å². The molecule has 7 heteroatoms. The molecule has 0 saturated carbocycles. The zero-order chi connectivity index (χ0) is 14.0. The van der Waals surface area contributed by atoms with Gasteiger partial charge < -0.3 is 4.74 Å². The summed E-state index contributed by atoms with van der Waals surface area (Å²) in [5, 5.41) is 10.9. The van der Waals surface area contributed by atoms with Crippen molar-refractivity contribution < 1.29 is 9.66 Å². The first-order valence-electron chi connectivity index (χ1n) is 5.04. The van der Waals surface area contributed by atoms with E-state index in [1.807, 2.05) is 12.1 Å². The van der Waals surface area contributed by atoms with Crippen molar-refractivity contribution in [2.24, 2.45) is 0 Å². The molecule has 0 aliphatic rings. The van der Waals surface area contributed by atoms with Crippen LogP contribution in [0, 0.1) is 13.7 Å². The van der Waals surface area contributed by atoms with Gasteiger partial charge in [0.05, 0.1) is 15.0 Å². The second-order valence-electron chi connectivity index (χ2n) is 3.56. The highest BCUT2D eigenvalue weighted by molar-refractivity contribution is 14.1. The largest absolute Gasteiger partial charge is 0.454 e. The van der Waals surface area contributed by atoms with Crippen LogP contribution in [-0.2, 0) is 0 Å². The summed E-state index contributed by atoms with van der Waals surface area (Å²) in [6.07, 6.45) is 0. The molecule has 0 bridgehead atoms. The maximum absolute atomic E-state index is 10.7. The Hall–Kier alpha value is -1.05. The van der Waals surface area contributed by atoms with Crippen molar-refractivity contribution in [3.8, 4) is 11.5 Å². The van der Waals surface area contributed by atoms with Gasteiger partial charge in [-0.25, -0.2) is 0 Å². The number of nitrogens with zero attached hydrogens (tertiary/aromatic N) is 1. The fraction of sp³-hybridized carbons (Fsp3) is 0. The lowest BCUT2D eigenvalue weighted by atomic mass is 10.3. The van der Waals surface area contributed by atoms with Crippen LogP contribution in [0.3, 0.4) is 0 Å². The van der Waals surface area contributed by atoms with Gasteiger partial charge in [-0.15, -0.1) is 0 Å². The molecule has 0 N–H and O–H groups in total. The summed E-state index contributed by atoms with van der Waals surface area (Å²) in [5.74, 6) is 0.764. The summed E-state index contributed by atoms with van der Waals surface area (Å²) in [5.41, 5.74) is -0.176. The molecule has 4 nitrogen and oxygen atoms in total. The maximum atomic E-state index is 10.7. The highest BCUT2D eigenvalue weighted by Gasteiger charge is 2.16. The lowest BCUT2D eigenvalue weighted by Crippen LogP contribution is -1.91. The Morgan fingerprint density at radius 2 is 1.79 bits per heavy atom. The third-order valence-corrected chi connectivity index (χ3v) is 3.44. The van der Waals surface area contributed by atoms with Gasteiger partial charge in [-0.2, -0.15) is 0 Å². The fourth-order valence-corrected chi connectivity index (χ4v) is 2.46. The number of non-ortho nitro benzene ring substituents is 1. The van der Waals surface area contributed by atoms with E-state index in [0.29, 0.717) is 5.75 Å². The first-order chi connectivity index (χ1) is 8.97. The van der Waals surface area contributed by atoms with Gasteiger partial charge in [-0.3, -0.25) is 10.1 Å². The Morgan fingerprint density at radius 3 is 2.32 bits per heavy atom. The van der Waals surface area contributed by atoms with Crippen LogP contribution >= 0.6 is 45.8 Å². The lowest BCUT2D eigenvalue weighted by molar-refractivity contribution is -0.384. The maximum Gasteiger partial charge on any atom is 0.272 e. The Balaban J connectivity index is 2.38. The molecule has 0 radical (unpaired) electrons. The van der Waals surface area contributed by atoms with Crippen molar-refractivity contribution in [1.82, 2.24) is 0 Å². The SMILES string of the molecule is O=[N+]([O-])c1cc(Cl)c(Oc2cccc(I)c2)c(Cl)c1. The summed E-state index contributed by atoms with van der Waals surface area (Å²) < 4.78 is 6.55. The smallest absolute Gasteiger partial charge is 0.272 e. The minimum Gasteiger partial charge on any atom is -0.454 e. The Morgan fingerprint density at radius 1 is 1.16 bits per heavy atom. The average molecular weight is 410 g/mol. The van der Waals surface area contributed by atoms with E-state index in [2.05, 4.69) is 22.6 Å². The third kappa shape index (κ3) is 3.49. The molecule has 0 fully saturated rings. The van der Waals surface area contributed by atoms with E-state index in [4.69, 9.17) is 27.9 Å². The second-order valence-corrected chi connectivity index (χ2v) is 5.62. The molecule has 19 heavy (non-hydrogen) atoms. The van der Waals surface area contributed by atoms with Gasteiger partial charge in [-0.1, -0.05) is 29.3 Å². The molecule has 0 amide bonds. The molecular weight excluding hydrogens is 404 g/mol. The van der Waals surface area contributed by atoms with Crippen molar-refractivity contribution in [1.29, 1.82) is 0 Å². The van der Waals surface area contributed by atoms with E-state index in [1.54, 1.807) is 12.1 Å². The molecule has 2 aromatic rings. The average Bonchev–Trinajstić information content (AvgIpc) is 2.33. The minimum atomic E-state index is -0.563. The molecule has 0 spiro atoms. The number of rotatable bonds is 3. The van der Waals surface area contributed by atoms with Crippen LogP contribution < -0.4 is 4.74 Å². The summed E-state index contributed by atoms with van der Waals surface area (Å²) in [4.78, 5) is 10.1.